The molecule has 0 radical (unpaired) electrons. The van der Waals surface area contributed by atoms with Crippen LogP contribution in [0.4, 0.5) is 13.2 Å². The molecule has 0 aliphatic carbocycles. The number of ketones is 1. The lowest BCUT2D eigenvalue weighted by molar-refractivity contribution is -0.146. The highest BCUT2D eigenvalue weighted by Gasteiger charge is 2.35. The van der Waals surface area contributed by atoms with Gasteiger partial charge in [-0.05, 0) is 44.5 Å². The van der Waals surface area contributed by atoms with Crippen molar-refractivity contribution in [2.75, 3.05) is 6.61 Å². The lowest BCUT2D eigenvalue weighted by atomic mass is 10.2. The van der Waals surface area contributed by atoms with Crippen molar-refractivity contribution in [2.24, 2.45) is 7.05 Å². The van der Waals surface area contributed by atoms with Crippen LogP contribution in [0.1, 0.15) is 43.2 Å². The van der Waals surface area contributed by atoms with E-state index in [0.29, 0.717) is 10.1 Å². The fraction of sp³-hybridized carbons (Fsp3) is 0.318. The van der Waals surface area contributed by atoms with Gasteiger partial charge >= 0.3 is 23.8 Å². The number of nitrogens with zero attached hydrogens (tertiary/aromatic N) is 2. The van der Waals surface area contributed by atoms with E-state index in [9.17, 15) is 37.1 Å². The van der Waals surface area contributed by atoms with Gasteiger partial charge in [-0.3, -0.25) is 19.0 Å². The number of Topliss-reactive ketones (excluding diaryl/α,β-unsaturated/α-hetero) is 1. The van der Waals surface area contributed by atoms with Crippen LogP contribution in [0.5, 0.6) is 0 Å². The molecule has 1 aromatic carbocycles. The fourth-order valence-corrected chi connectivity index (χ4v) is 2.98. The summed E-state index contributed by atoms with van der Waals surface area (Å²) in [4.78, 5) is 60.2. The highest BCUT2D eigenvalue weighted by atomic mass is 35.5. The van der Waals surface area contributed by atoms with Crippen molar-refractivity contribution in [3.8, 4) is 5.69 Å². The average Bonchev–Trinajstić information content (AvgIpc) is 2.73. The maximum absolute atomic E-state index is 13.1. The maximum atomic E-state index is 13.1. The highest BCUT2D eigenvalue weighted by molar-refractivity contribution is 6.33. The second kappa shape index (κ2) is 10.7. The molecule has 0 atom stereocenters. The molecular formula is C22H20ClF3N2O7. The first kappa shape index (κ1) is 27.6. The average molecular weight is 517 g/mol. The maximum Gasteiger partial charge on any atom is 0.431 e. The Kier molecular flexibility index (Phi) is 8.45. The molecule has 1 heterocycles. The van der Waals surface area contributed by atoms with E-state index in [0.717, 1.165) is 19.2 Å². The second-order valence-electron chi connectivity index (χ2n) is 7.56. The number of rotatable bonds is 7. The van der Waals surface area contributed by atoms with Crippen LogP contribution in [-0.2, 0) is 32.3 Å². The molecule has 0 saturated carbocycles. The molecule has 1 aromatic heterocycles. The molecule has 2 rings (SSSR count). The van der Waals surface area contributed by atoms with Gasteiger partial charge in [-0.15, -0.1) is 0 Å². The smallest absolute Gasteiger partial charge is 0.431 e. The Hall–Kier alpha value is -3.67. The van der Waals surface area contributed by atoms with Crippen LogP contribution >= 0.6 is 11.6 Å². The molecule has 2 aromatic rings. The number of allylic oxidation sites excluding steroid dienone is 1. The van der Waals surface area contributed by atoms with Crippen LogP contribution < -0.4 is 11.2 Å². The topological polar surface area (TPSA) is 114 Å². The molecule has 0 fully saturated rings. The van der Waals surface area contributed by atoms with Crippen molar-refractivity contribution in [3.63, 3.8) is 0 Å². The van der Waals surface area contributed by atoms with E-state index in [2.05, 4.69) is 0 Å². The number of ether oxygens (including phenoxy) is 2. The van der Waals surface area contributed by atoms with Crippen molar-refractivity contribution < 1.29 is 37.0 Å². The van der Waals surface area contributed by atoms with Crippen LogP contribution in [-0.4, -0.2) is 33.5 Å². The van der Waals surface area contributed by atoms with Crippen molar-refractivity contribution in [1.29, 1.82) is 0 Å². The second-order valence-corrected chi connectivity index (χ2v) is 7.97. The van der Waals surface area contributed by atoms with E-state index in [4.69, 9.17) is 21.1 Å². The number of hydrogen-bond donors (Lipinski definition) is 0. The Balaban J connectivity index is 2.42. The first-order valence-electron chi connectivity index (χ1n) is 9.87. The number of esters is 2. The largest absolute Gasteiger partial charge is 0.457 e. The summed E-state index contributed by atoms with van der Waals surface area (Å²) in [5.41, 5.74) is -4.10. The predicted octanol–water partition coefficient (Wildman–Crippen LogP) is 3.18. The van der Waals surface area contributed by atoms with Crippen molar-refractivity contribution in [2.45, 2.75) is 33.4 Å². The molecule has 188 valence electrons. The van der Waals surface area contributed by atoms with Gasteiger partial charge in [0.05, 0.1) is 16.3 Å². The molecule has 0 bridgehead atoms. The van der Waals surface area contributed by atoms with Crippen molar-refractivity contribution in [3.05, 3.63) is 72.7 Å². The molecule has 0 N–H and O–H groups in total. The van der Waals surface area contributed by atoms with E-state index in [1.54, 1.807) is 13.8 Å². The van der Waals surface area contributed by atoms with Gasteiger partial charge in [0.25, 0.3) is 5.56 Å². The third-order valence-electron chi connectivity index (χ3n) is 4.57. The van der Waals surface area contributed by atoms with Crippen LogP contribution in [0.25, 0.3) is 5.69 Å². The van der Waals surface area contributed by atoms with Gasteiger partial charge in [-0.1, -0.05) is 11.6 Å². The number of halogens is 4. The molecular weight excluding hydrogens is 497 g/mol. The molecule has 0 aliphatic heterocycles. The molecule has 9 nitrogen and oxygen atoms in total. The van der Waals surface area contributed by atoms with Crippen molar-refractivity contribution in [1.82, 2.24) is 9.13 Å². The van der Waals surface area contributed by atoms with Crippen LogP contribution in [0.2, 0.25) is 5.02 Å². The van der Waals surface area contributed by atoms with Crippen LogP contribution in [0, 0.1) is 0 Å². The zero-order valence-corrected chi connectivity index (χ0v) is 19.7. The number of carbonyl (C=O) groups is 3. The summed E-state index contributed by atoms with van der Waals surface area (Å²) in [6.07, 6.45) is -5.40. The normalized spacial score (nSPS) is 11.1. The number of alkyl halides is 3. The Labute approximate surface area is 201 Å². The highest BCUT2D eigenvalue weighted by Crippen LogP contribution is 2.27. The number of aromatic nitrogens is 2. The van der Waals surface area contributed by atoms with Crippen LogP contribution in [0.3, 0.4) is 0 Å². The molecule has 0 aliphatic rings. The fourth-order valence-electron chi connectivity index (χ4n) is 2.79. The lowest BCUT2D eigenvalue weighted by Gasteiger charge is -2.15. The third kappa shape index (κ3) is 6.69. The van der Waals surface area contributed by atoms with Gasteiger partial charge in [0, 0.05) is 13.1 Å². The van der Waals surface area contributed by atoms with Gasteiger partial charge in [-0.25, -0.2) is 14.2 Å². The Morgan fingerprint density at radius 1 is 1.06 bits per heavy atom. The first-order valence-corrected chi connectivity index (χ1v) is 10.2. The predicted molar refractivity (Wildman–Crippen MR) is 117 cm³/mol. The van der Waals surface area contributed by atoms with E-state index in [-0.39, 0.29) is 32.7 Å². The minimum absolute atomic E-state index is 0.0593. The summed E-state index contributed by atoms with van der Waals surface area (Å²) >= 11 is 6.06. The summed E-state index contributed by atoms with van der Waals surface area (Å²) < 4.78 is 50.1. The Morgan fingerprint density at radius 3 is 2.23 bits per heavy atom. The summed E-state index contributed by atoms with van der Waals surface area (Å²) in [6, 6.07) is 3.59. The standard InChI is InChI=1S/C22H20ClF3N2O7/c1-11(2)16(10-34-19(31)7-12(3)29)35-20(32)14-8-13(5-6-15(14)23)28-18(30)9-17(22(24,25)26)27(4)21(28)33/h5-6,8-9H,7,10H2,1-4H3. The zero-order chi connectivity index (χ0) is 26.7. The van der Waals surface area contributed by atoms with Gasteiger partial charge in [0.2, 0.25) is 0 Å². The molecule has 0 saturated heterocycles. The van der Waals surface area contributed by atoms with E-state index >= 15 is 0 Å². The lowest BCUT2D eigenvalue weighted by Crippen LogP contribution is -2.40. The van der Waals surface area contributed by atoms with E-state index in [1.165, 1.54) is 13.0 Å². The minimum atomic E-state index is -4.93. The summed E-state index contributed by atoms with van der Waals surface area (Å²) in [5.74, 6) is -2.35. The van der Waals surface area contributed by atoms with Crippen molar-refractivity contribution >= 4 is 29.3 Å². The number of carbonyl (C=O) groups excluding carboxylic acids is 3. The SMILES string of the molecule is CC(=O)CC(=O)OCC(OC(=O)c1cc(-n2c(=O)cc(C(F)(F)F)n(C)c2=O)ccc1Cl)=C(C)C. The van der Waals surface area contributed by atoms with Gasteiger partial charge in [0.1, 0.15) is 30.3 Å². The monoisotopic (exact) mass is 516 g/mol. The van der Waals surface area contributed by atoms with Gasteiger partial charge in [-0.2, -0.15) is 13.2 Å². The third-order valence-corrected chi connectivity index (χ3v) is 4.90. The summed E-state index contributed by atoms with van der Waals surface area (Å²) in [5, 5.41) is -0.141. The van der Waals surface area contributed by atoms with Gasteiger partial charge in [0.15, 0.2) is 0 Å². The first-order chi connectivity index (χ1) is 16.1. The number of hydrogen-bond acceptors (Lipinski definition) is 7. The van der Waals surface area contributed by atoms with E-state index < -0.39 is 53.9 Å². The van der Waals surface area contributed by atoms with E-state index in [1.807, 2.05) is 0 Å². The molecule has 0 amide bonds. The summed E-state index contributed by atoms with van der Waals surface area (Å²) in [7, 11) is 0.848. The Morgan fingerprint density at radius 2 is 1.69 bits per heavy atom. The molecule has 0 spiro atoms. The summed E-state index contributed by atoms with van der Waals surface area (Å²) in [6.45, 7) is 3.86. The van der Waals surface area contributed by atoms with Gasteiger partial charge < -0.3 is 9.47 Å². The number of benzene rings is 1. The van der Waals surface area contributed by atoms with Crippen LogP contribution in [0.15, 0.2) is 45.2 Å². The molecule has 0 unspecified atom stereocenters. The molecule has 35 heavy (non-hydrogen) atoms. The quantitative estimate of drug-likeness (QED) is 0.315. The zero-order valence-electron chi connectivity index (χ0n) is 19.0. The Bertz CT molecular complexity index is 1340. The molecule has 13 heteroatoms. The minimum Gasteiger partial charge on any atom is -0.457 e.